The zero-order chi connectivity index (χ0) is 19.5. The molecule has 2 unspecified atom stereocenters. The van der Waals surface area contributed by atoms with Crippen molar-refractivity contribution >= 4 is 22.8 Å². The molecular formula is C20H23FN6O. The molecule has 1 fully saturated rings. The number of rotatable bonds is 5. The third-order valence-corrected chi connectivity index (χ3v) is 5.19. The second-order valence-corrected chi connectivity index (χ2v) is 7.05. The summed E-state index contributed by atoms with van der Waals surface area (Å²) in [6.07, 6.45) is 8.90. The summed E-state index contributed by atoms with van der Waals surface area (Å²) >= 11 is 0. The molecule has 0 spiro atoms. The van der Waals surface area contributed by atoms with Crippen LogP contribution in [0, 0.1) is 5.82 Å². The number of amides is 1. The molecule has 8 heteroatoms. The van der Waals surface area contributed by atoms with E-state index in [1.807, 2.05) is 19.1 Å². The van der Waals surface area contributed by atoms with Crippen molar-refractivity contribution in [1.82, 2.24) is 25.3 Å². The van der Waals surface area contributed by atoms with Gasteiger partial charge in [-0.05, 0) is 25.0 Å². The third kappa shape index (κ3) is 3.67. The number of pyridine rings is 1. The van der Waals surface area contributed by atoms with Crippen LogP contribution in [0.4, 0.5) is 10.2 Å². The number of halogens is 1. The number of aromatic nitrogens is 4. The highest BCUT2D eigenvalue weighted by atomic mass is 19.1. The Balaban J connectivity index is 1.61. The van der Waals surface area contributed by atoms with Crippen LogP contribution in [0.5, 0.6) is 0 Å². The topological polar surface area (TPSA) is 95.6 Å². The van der Waals surface area contributed by atoms with Crippen LogP contribution in [-0.4, -0.2) is 37.9 Å². The Morgan fingerprint density at radius 1 is 1.29 bits per heavy atom. The smallest absolute Gasteiger partial charge is 0.220 e. The lowest BCUT2D eigenvalue weighted by Crippen LogP contribution is -2.48. The highest BCUT2D eigenvalue weighted by molar-refractivity contribution is 5.91. The van der Waals surface area contributed by atoms with E-state index in [9.17, 15) is 9.18 Å². The summed E-state index contributed by atoms with van der Waals surface area (Å²) in [5, 5.41) is 7.14. The molecule has 4 rings (SSSR count). The van der Waals surface area contributed by atoms with Crippen LogP contribution in [0.2, 0.25) is 0 Å². The fourth-order valence-corrected chi connectivity index (χ4v) is 3.70. The van der Waals surface area contributed by atoms with E-state index >= 15 is 0 Å². The Morgan fingerprint density at radius 3 is 2.93 bits per heavy atom. The van der Waals surface area contributed by atoms with E-state index in [1.54, 1.807) is 12.4 Å². The normalized spacial score (nSPS) is 19.5. The van der Waals surface area contributed by atoms with Crippen molar-refractivity contribution in [2.45, 2.75) is 51.1 Å². The van der Waals surface area contributed by atoms with E-state index in [1.165, 1.54) is 6.20 Å². The second kappa shape index (κ2) is 7.92. The number of carbonyl (C=O) groups excluding carboxylic acids is 1. The predicted octanol–water partition coefficient (Wildman–Crippen LogP) is 3.41. The van der Waals surface area contributed by atoms with E-state index in [4.69, 9.17) is 0 Å². The Kier molecular flexibility index (Phi) is 5.18. The molecule has 1 aliphatic carbocycles. The van der Waals surface area contributed by atoms with Crippen molar-refractivity contribution in [3.05, 3.63) is 36.5 Å². The number of hydrogen-bond donors (Lipinski definition) is 3. The lowest BCUT2D eigenvalue weighted by atomic mass is 9.90. The number of H-pyrrole nitrogens is 1. The number of nitrogens with zero attached hydrogens (tertiary/aromatic N) is 3. The molecule has 3 heterocycles. The summed E-state index contributed by atoms with van der Waals surface area (Å²) in [4.78, 5) is 27.8. The molecule has 3 aromatic rings. The first-order valence-corrected chi connectivity index (χ1v) is 9.66. The van der Waals surface area contributed by atoms with Gasteiger partial charge in [-0.2, -0.15) is 0 Å². The third-order valence-electron chi connectivity index (χ3n) is 5.19. The average molecular weight is 382 g/mol. The van der Waals surface area contributed by atoms with Gasteiger partial charge in [0.15, 0.2) is 17.5 Å². The van der Waals surface area contributed by atoms with Gasteiger partial charge in [-0.1, -0.05) is 19.8 Å². The minimum Gasteiger partial charge on any atom is -0.363 e. The van der Waals surface area contributed by atoms with Crippen molar-refractivity contribution in [2.75, 3.05) is 5.32 Å². The lowest BCUT2D eigenvalue weighted by Gasteiger charge is -2.33. The Hall–Kier alpha value is -3.03. The molecule has 1 aliphatic rings. The largest absolute Gasteiger partial charge is 0.363 e. The summed E-state index contributed by atoms with van der Waals surface area (Å²) in [6, 6.07) is 3.67. The van der Waals surface area contributed by atoms with Crippen LogP contribution in [0.3, 0.4) is 0 Å². The molecule has 28 heavy (non-hydrogen) atoms. The highest BCUT2D eigenvalue weighted by Crippen LogP contribution is 2.27. The summed E-state index contributed by atoms with van der Waals surface area (Å²) in [6.45, 7) is 1.83. The molecule has 7 nitrogen and oxygen atoms in total. The number of anilines is 1. The summed E-state index contributed by atoms with van der Waals surface area (Å²) in [5.41, 5.74) is 1.50. The molecule has 3 aromatic heterocycles. The van der Waals surface area contributed by atoms with Gasteiger partial charge in [0.2, 0.25) is 5.91 Å². The van der Waals surface area contributed by atoms with Crippen LogP contribution in [0.1, 0.15) is 39.0 Å². The van der Waals surface area contributed by atoms with E-state index in [0.29, 0.717) is 12.2 Å². The second-order valence-electron chi connectivity index (χ2n) is 7.05. The first-order valence-electron chi connectivity index (χ1n) is 9.66. The predicted molar refractivity (Wildman–Crippen MR) is 105 cm³/mol. The van der Waals surface area contributed by atoms with Gasteiger partial charge in [-0.3, -0.25) is 4.79 Å². The molecule has 0 aliphatic heterocycles. The fourth-order valence-electron chi connectivity index (χ4n) is 3.70. The summed E-state index contributed by atoms with van der Waals surface area (Å²) in [5.74, 6) is 0.0840. The number of hydrogen-bond acceptors (Lipinski definition) is 5. The standard InChI is InChI=1S/C20H23FN6O/c1-2-17(28)25-15-7-3-4-8-16(15)26-20-14(21)11-24-19(27-20)13-10-23-18-12(13)6-5-9-22-18/h5-6,9-11,15-16H,2-4,7-8H2,1H3,(H,22,23)(H,25,28)(H,24,26,27). The van der Waals surface area contributed by atoms with Gasteiger partial charge in [-0.15, -0.1) is 0 Å². The molecule has 0 aromatic carbocycles. The number of fused-ring (bicyclic) bond motifs is 1. The SMILES string of the molecule is CCC(=O)NC1CCCCC1Nc1nc(-c2c[nH]c3ncccc23)ncc1F. The zero-order valence-electron chi connectivity index (χ0n) is 15.7. The van der Waals surface area contributed by atoms with Gasteiger partial charge in [0.25, 0.3) is 0 Å². The first-order chi connectivity index (χ1) is 13.7. The Labute approximate surface area is 162 Å². The van der Waals surface area contributed by atoms with Gasteiger partial charge in [0, 0.05) is 41.8 Å². The van der Waals surface area contributed by atoms with Gasteiger partial charge in [0.1, 0.15) is 5.65 Å². The number of carbonyl (C=O) groups is 1. The number of nitrogens with one attached hydrogen (secondary N) is 3. The van der Waals surface area contributed by atoms with Crippen molar-refractivity contribution in [3.63, 3.8) is 0 Å². The van der Waals surface area contributed by atoms with Crippen molar-refractivity contribution < 1.29 is 9.18 Å². The molecule has 146 valence electrons. The Bertz CT molecular complexity index is 988. The quantitative estimate of drug-likeness (QED) is 0.628. The van der Waals surface area contributed by atoms with Crippen molar-refractivity contribution in [1.29, 1.82) is 0 Å². The summed E-state index contributed by atoms with van der Waals surface area (Å²) in [7, 11) is 0. The molecule has 2 atom stereocenters. The van der Waals surface area contributed by atoms with Crippen LogP contribution in [0.25, 0.3) is 22.4 Å². The minimum absolute atomic E-state index is 0.00819. The maximum Gasteiger partial charge on any atom is 0.220 e. The van der Waals surface area contributed by atoms with E-state index in [0.717, 1.165) is 42.3 Å². The molecule has 0 bridgehead atoms. The average Bonchev–Trinajstić information content (AvgIpc) is 3.15. The minimum atomic E-state index is -0.507. The van der Waals surface area contributed by atoms with E-state index < -0.39 is 5.82 Å². The van der Waals surface area contributed by atoms with Crippen LogP contribution in [0.15, 0.2) is 30.7 Å². The molecule has 3 N–H and O–H groups in total. The Morgan fingerprint density at radius 2 is 2.11 bits per heavy atom. The van der Waals surface area contributed by atoms with Crippen molar-refractivity contribution in [2.24, 2.45) is 0 Å². The molecule has 0 saturated heterocycles. The van der Waals surface area contributed by atoms with Gasteiger partial charge in [0.05, 0.1) is 6.20 Å². The van der Waals surface area contributed by atoms with Gasteiger partial charge in [-0.25, -0.2) is 19.3 Å². The van der Waals surface area contributed by atoms with E-state index in [-0.39, 0.29) is 23.8 Å². The maximum atomic E-state index is 14.4. The fraction of sp³-hybridized carbons (Fsp3) is 0.400. The van der Waals surface area contributed by atoms with Gasteiger partial charge >= 0.3 is 0 Å². The van der Waals surface area contributed by atoms with Gasteiger partial charge < -0.3 is 15.6 Å². The van der Waals surface area contributed by atoms with Crippen LogP contribution >= 0.6 is 0 Å². The maximum absolute atomic E-state index is 14.4. The zero-order valence-corrected chi connectivity index (χ0v) is 15.7. The molecule has 1 saturated carbocycles. The summed E-state index contributed by atoms with van der Waals surface area (Å²) < 4.78 is 14.4. The number of aromatic amines is 1. The van der Waals surface area contributed by atoms with Crippen LogP contribution < -0.4 is 10.6 Å². The first kappa shape index (κ1) is 18.3. The molecule has 0 radical (unpaired) electrons. The van der Waals surface area contributed by atoms with Crippen molar-refractivity contribution in [3.8, 4) is 11.4 Å². The highest BCUT2D eigenvalue weighted by Gasteiger charge is 2.27. The molecular weight excluding hydrogens is 359 g/mol. The van der Waals surface area contributed by atoms with E-state index in [2.05, 4.69) is 30.6 Å². The van der Waals surface area contributed by atoms with Crippen LogP contribution in [-0.2, 0) is 4.79 Å². The lowest BCUT2D eigenvalue weighted by molar-refractivity contribution is -0.121. The molecule has 1 amide bonds. The monoisotopic (exact) mass is 382 g/mol.